The van der Waals surface area contributed by atoms with Gasteiger partial charge in [0, 0.05) is 18.9 Å². The summed E-state index contributed by atoms with van der Waals surface area (Å²) >= 11 is 0. The number of rotatable bonds is 15. The molecule has 0 aromatic heterocycles. The summed E-state index contributed by atoms with van der Waals surface area (Å²) in [6, 6.07) is 15.1. The summed E-state index contributed by atoms with van der Waals surface area (Å²) in [7, 11) is 0. The minimum Gasteiger partial charge on any atom is -0.480 e. The van der Waals surface area contributed by atoms with Crippen LogP contribution in [0.25, 0.3) is 11.1 Å². The molecule has 0 saturated carbocycles. The second-order valence-corrected chi connectivity index (χ2v) is 9.37. The Morgan fingerprint density at radius 2 is 1.53 bits per heavy atom. The zero-order valence-corrected chi connectivity index (χ0v) is 21.1. The average molecular weight is 495 g/mol. The smallest absolute Gasteiger partial charge is 0.407 e. The fourth-order valence-electron chi connectivity index (χ4n) is 4.72. The van der Waals surface area contributed by atoms with E-state index in [0.29, 0.717) is 25.8 Å². The van der Waals surface area contributed by atoms with Crippen molar-refractivity contribution in [2.45, 2.75) is 76.7 Å². The van der Waals surface area contributed by atoms with Gasteiger partial charge in [0.1, 0.15) is 12.6 Å². The first-order chi connectivity index (χ1) is 17.5. The molecule has 2 amide bonds. The molecule has 194 valence electrons. The molecule has 3 N–H and O–H groups in total. The summed E-state index contributed by atoms with van der Waals surface area (Å²) in [5.74, 6) is -1.14. The fraction of sp³-hybridized carbons (Fsp3) is 0.483. The fourth-order valence-corrected chi connectivity index (χ4v) is 4.72. The van der Waals surface area contributed by atoms with Crippen LogP contribution in [0.4, 0.5) is 4.79 Å². The van der Waals surface area contributed by atoms with Crippen LogP contribution in [0.3, 0.4) is 0 Å². The number of carbonyl (C=O) groups excluding carboxylic acids is 2. The van der Waals surface area contributed by atoms with E-state index in [1.54, 1.807) is 0 Å². The van der Waals surface area contributed by atoms with Crippen LogP contribution in [0.2, 0.25) is 0 Å². The lowest BCUT2D eigenvalue weighted by Gasteiger charge is -2.17. The molecule has 1 aliphatic carbocycles. The molecule has 2 aromatic rings. The maximum absolute atomic E-state index is 12.4. The van der Waals surface area contributed by atoms with Crippen molar-refractivity contribution >= 4 is 18.0 Å². The van der Waals surface area contributed by atoms with Crippen LogP contribution < -0.4 is 10.6 Å². The van der Waals surface area contributed by atoms with Gasteiger partial charge < -0.3 is 20.5 Å². The first kappa shape index (κ1) is 27.2. The third kappa shape index (κ3) is 7.83. The summed E-state index contributed by atoms with van der Waals surface area (Å²) < 4.78 is 5.47. The van der Waals surface area contributed by atoms with Crippen molar-refractivity contribution < 1.29 is 24.2 Å². The van der Waals surface area contributed by atoms with Crippen molar-refractivity contribution in [3.8, 4) is 11.1 Å². The van der Waals surface area contributed by atoms with Gasteiger partial charge in [0.2, 0.25) is 5.91 Å². The molecule has 7 heteroatoms. The van der Waals surface area contributed by atoms with Crippen molar-refractivity contribution in [1.29, 1.82) is 0 Å². The van der Waals surface area contributed by atoms with Crippen LogP contribution in [-0.2, 0) is 14.3 Å². The van der Waals surface area contributed by atoms with E-state index in [9.17, 15) is 19.5 Å². The molecule has 0 heterocycles. The molecule has 2 aromatic carbocycles. The van der Waals surface area contributed by atoms with Crippen molar-refractivity contribution in [2.75, 3.05) is 13.2 Å². The van der Waals surface area contributed by atoms with E-state index in [2.05, 4.69) is 29.7 Å². The van der Waals surface area contributed by atoms with Gasteiger partial charge in [-0.25, -0.2) is 9.59 Å². The molecule has 0 bridgehead atoms. The number of amides is 2. The van der Waals surface area contributed by atoms with Gasteiger partial charge in [0.15, 0.2) is 0 Å². The van der Waals surface area contributed by atoms with E-state index in [1.165, 1.54) is 12.8 Å². The topological polar surface area (TPSA) is 105 Å². The maximum atomic E-state index is 12.4. The van der Waals surface area contributed by atoms with E-state index in [1.807, 2.05) is 36.4 Å². The first-order valence-corrected chi connectivity index (χ1v) is 13.1. The number of nitrogens with one attached hydrogen (secondary N) is 2. The molecule has 0 spiro atoms. The van der Waals surface area contributed by atoms with Crippen LogP contribution in [0.5, 0.6) is 0 Å². The second-order valence-electron chi connectivity index (χ2n) is 9.37. The lowest BCUT2D eigenvalue weighted by Crippen LogP contribution is -2.41. The Morgan fingerprint density at radius 1 is 0.889 bits per heavy atom. The molecule has 36 heavy (non-hydrogen) atoms. The van der Waals surface area contributed by atoms with Crippen LogP contribution in [0, 0.1) is 0 Å². The molecule has 0 radical (unpaired) electrons. The lowest BCUT2D eigenvalue weighted by atomic mass is 9.98. The van der Waals surface area contributed by atoms with Crippen molar-refractivity contribution in [3.05, 3.63) is 59.7 Å². The Hall–Kier alpha value is -3.35. The Morgan fingerprint density at radius 3 is 2.17 bits per heavy atom. The van der Waals surface area contributed by atoms with Crippen LogP contribution >= 0.6 is 0 Å². The predicted octanol–water partition coefficient (Wildman–Crippen LogP) is 5.63. The average Bonchev–Trinajstić information content (AvgIpc) is 3.20. The predicted molar refractivity (Wildman–Crippen MR) is 140 cm³/mol. The van der Waals surface area contributed by atoms with E-state index in [0.717, 1.165) is 41.5 Å². The highest BCUT2D eigenvalue weighted by Crippen LogP contribution is 2.44. The van der Waals surface area contributed by atoms with Gasteiger partial charge in [-0.15, -0.1) is 0 Å². The summed E-state index contributed by atoms with van der Waals surface area (Å²) in [5.41, 5.74) is 4.47. The third-order valence-electron chi connectivity index (χ3n) is 6.68. The zero-order valence-electron chi connectivity index (χ0n) is 21.1. The highest BCUT2D eigenvalue weighted by atomic mass is 16.5. The molecule has 7 nitrogen and oxygen atoms in total. The van der Waals surface area contributed by atoms with E-state index in [4.69, 9.17) is 4.74 Å². The Kier molecular flexibility index (Phi) is 10.8. The highest BCUT2D eigenvalue weighted by molar-refractivity contribution is 5.81. The highest BCUT2D eigenvalue weighted by Gasteiger charge is 2.29. The molecule has 0 fully saturated rings. The maximum Gasteiger partial charge on any atom is 0.407 e. The Bertz CT molecular complexity index is 977. The number of carbonyl (C=O) groups is 3. The first-order valence-electron chi connectivity index (χ1n) is 13.1. The van der Waals surface area contributed by atoms with Crippen molar-refractivity contribution in [1.82, 2.24) is 10.6 Å². The molecular formula is C29H38N2O5. The SMILES string of the molecule is CCCCCCCC(=O)NCCCC[C@H](NC(=O)OCC1c2ccccc2-c2ccccc21)C(=O)O. The summed E-state index contributed by atoms with van der Waals surface area (Å²) in [5, 5.41) is 14.9. The second kappa shape index (κ2) is 14.3. The van der Waals surface area contributed by atoms with Gasteiger partial charge in [0.25, 0.3) is 0 Å². The molecule has 3 rings (SSSR count). The number of aliphatic carboxylic acids is 1. The Labute approximate surface area is 213 Å². The van der Waals surface area contributed by atoms with E-state index in [-0.39, 0.29) is 24.9 Å². The number of benzene rings is 2. The number of unbranched alkanes of at least 4 members (excludes halogenated alkanes) is 5. The van der Waals surface area contributed by atoms with Crippen LogP contribution in [0.15, 0.2) is 48.5 Å². The molecule has 0 unspecified atom stereocenters. The van der Waals surface area contributed by atoms with Gasteiger partial charge in [-0.1, -0.05) is 81.1 Å². The van der Waals surface area contributed by atoms with Gasteiger partial charge >= 0.3 is 12.1 Å². The van der Waals surface area contributed by atoms with Gasteiger partial charge in [-0.2, -0.15) is 0 Å². The quantitative estimate of drug-likeness (QED) is 0.279. The summed E-state index contributed by atoms with van der Waals surface area (Å²) in [6.45, 7) is 2.80. The van der Waals surface area contributed by atoms with Crippen LogP contribution in [0.1, 0.15) is 81.8 Å². The number of ether oxygens (including phenoxy) is 1. The van der Waals surface area contributed by atoms with E-state index < -0.39 is 18.1 Å². The monoisotopic (exact) mass is 494 g/mol. The molecular weight excluding hydrogens is 456 g/mol. The number of carboxylic acid groups (broad SMARTS) is 1. The number of alkyl carbamates (subject to hydrolysis) is 1. The van der Waals surface area contributed by atoms with Gasteiger partial charge in [-0.05, 0) is 47.9 Å². The van der Waals surface area contributed by atoms with Crippen LogP contribution in [-0.4, -0.2) is 42.3 Å². The number of hydrogen-bond acceptors (Lipinski definition) is 4. The Balaban J connectivity index is 1.38. The minimum absolute atomic E-state index is 0.0399. The zero-order chi connectivity index (χ0) is 25.8. The molecule has 1 atom stereocenters. The summed E-state index contributed by atoms with van der Waals surface area (Å²) in [6.07, 6.45) is 6.81. The van der Waals surface area contributed by atoms with Gasteiger partial charge in [0.05, 0.1) is 0 Å². The molecule has 0 aliphatic heterocycles. The summed E-state index contributed by atoms with van der Waals surface area (Å²) in [4.78, 5) is 36.0. The molecule has 1 aliphatic rings. The normalized spacial score (nSPS) is 12.9. The van der Waals surface area contributed by atoms with Gasteiger partial charge in [-0.3, -0.25) is 4.79 Å². The standard InChI is InChI=1S/C29H38N2O5/c1-2-3-4-5-6-18-27(32)30-19-12-11-17-26(28(33)34)31-29(35)36-20-25-23-15-9-7-13-21(23)22-14-8-10-16-24(22)25/h7-10,13-16,25-26H,2-6,11-12,17-20H2,1H3,(H,30,32)(H,31,35)(H,33,34)/t26-/m0/s1. The lowest BCUT2D eigenvalue weighted by molar-refractivity contribution is -0.139. The largest absolute Gasteiger partial charge is 0.480 e. The van der Waals surface area contributed by atoms with E-state index >= 15 is 0 Å². The number of hydrogen-bond donors (Lipinski definition) is 3. The minimum atomic E-state index is -1.10. The number of carboxylic acids is 1. The van der Waals surface area contributed by atoms with Crippen molar-refractivity contribution in [3.63, 3.8) is 0 Å². The van der Waals surface area contributed by atoms with Crippen molar-refractivity contribution in [2.24, 2.45) is 0 Å². The third-order valence-corrected chi connectivity index (χ3v) is 6.68. The number of fused-ring (bicyclic) bond motifs is 3. The molecule has 0 saturated heterocycles.